The Morgan fingerprint density at radius 2 is 1.83 bits per heavy atom. The zero-order chi connectivity index (χ0) is 17.7. The van der Waals surface area contributed by atoms with Crippen LogP contribution in [-0.4, -0.2) is 29.8 Å². The number of hydrogen-bond donors (Lipinski definition) is 1. The Hall–Kier alpha value is -2.73. The Labute approximate surface area is 141 Å². The average molecular weight is 327 g/mol. The first kappa shape index (κ1) is 17.6. The molecule has 0 unspecified atom stereocenters. The van der Waals surface area contributed by atoms with Crippen LogP contribution < -0.4 is 5.32 Å². The van der Waals surface area contributed by atoms with Gasteiger partial charge < -0.3 is 10.2 Å². The molecule has 0 aliphatic heterocycles. The molecule has 126 valence electrons. The van der Waals surface area contributed by atoms with Crippen molar-refractivity contribution in [1.29, 1.82) is 0 Å². The van der Waals surface area contributed by atoms with Crippen molar-refractivity contribution < 1.29 is 9.72 Å². The molecule has 0 aliphatic carbocycles. The molecule has 0 saturated carbocycles. The Bertz CT molecular complexity index is 757. The van der Waals surface area contributed by atoms with E-state index in [4.69, 9.17) is 0 Å². The first-order valence-electron chi connectivity index (χ1n) is 7.63. The maximum Gasteiger partial charge on any atom is 0.273 e. The summed E-state index contributed by atoms with van der Waals surface area (Å²) in [7, 11) is 3.97. The van der Waals surface area contributed by atoms with Crippen LogP contribution in [0.5, 0.6) is 0 Å². The predicted molar refractivity (Wildman–Crippen MR) is 92.8 cm³/mol. The van der Waals surface area contributed by atoms with Crippen LogP contribution in [0.3, 0.4) is 0 Å². The van der Waals surface area contributed by atoms with Crippen molar-refractivity contribution in [3.05, 3.63) is 74.8 Å². The normalized spacial score (nSPS) is 10.7. The third-order valence-electron chi connectivity index (χ3n) is 3.71. The lowest BCUT2D eigenvalue weighted by atomic mass is 10.1. The minimum absolute atomic E-state index is 0.0457. The van der Waals surface area contributed by atoms with E-state index in [1.807, 2.05) is 38.4 Å². The van der Waals surface area contributed by atoms with Crippen molar-refractivity contribution in [2.75, 3.05) is 14.1 Å². The summed E-state index contributed by atoms with van der Waals surface area (Å²) < 4.78 is 0. The van der Waals surface area contributed by atoms with E-state index >= 15 is 0 Å². The van der Waals surface area contributed by atoms with Crippen molar-refractivity contribution in [1.82, 2.24) is 10.2 Å². The standard InChI is InChI=1S/C18H21N3O3/c1-13-8-9-14(10-17(13)21(23)24)18(22)19-11-15-6-4-5-7-16(15)12-20(2)3/h4-10H,11-12H2,1-3H3,(H,19,22). The molecular weight excluding hydrogens is 306 g/mol. The van der Waals surface area contributed by atoms with Gasteiger partial charge in [-0.15, -0.1) is 0 Å². The summed E-state index contributed by atoms with van der Waals surface area (Å²) in [6.07, 6.45) is 0. The number of benzene rings is 2. The number of hydrogen-bond acceptors (Lipinski definition) is 4. The number of nitrogens with zero attached hydrogens (tertiary/aromatic N) is 2. The highest BCUT2D eigenvalue weighted by molar-refractivity contribution is 5.94. The number of rotatable bonds is 6. The molecule has 0 fully saturated rings. The maximum absolute atomic E-state index is 12.3. The van der Waals surface area contributed by atoms with Crippen molar-refractivity contribution in [3.8, 4) is 0 Å². The molecule has 6 nitrogen and oxygen atoms in total. The minimum atomic E-state index is -0.474. The van der Waals surface area contributed by atoms with Gasteiger partial charge in [0.05, 0.1) is 4.92 Å². The summed E-state index contributed by atoms with van der Waals surface area (Å²) >= 11 is 0. The Morgan fingerprint density at radius 3 is 2.46 bits per heavy atom. The fourth-order valence-corrected chi connectivity index (χ4v) is 2.45. The second-order valence-electron chi connectivity index (χ2n) is 5.95. The van der Waals surface area contributed by atoms with Crippen molar-refractivity contribution in [3.63, 3.8) is 0 Å². The molecule has 0 atom stereocenters. The lowest BCUT2D eigenvalue weighted by molar-refractivity contribution is -0.385. The van der Waals surface area contributed by atoms with Crippen LogP contribution in [0.4, 0.5) is 5.69 Å². The molecule has 1 N–H and O–H groups in total. The van der Waals surface area contributed by atoms with Crippen LogP contribution in [0.2, 0.25) is 0 Å². The van der Waals surface area contributed by atoms with Gasteiger partial charge in [-0.3, -0.25) is 14.9 Å². The van der Waals surface area contributed by atoms with Gasteiger partial charge in [0.1, 0.15) is 0 Å². The number of nitro benzene ring substituents is 1. The summed E-state index contributed by atoms with van der Waals surface area (Å²) in [4.78, 5) is 24.9. The molecule has 0 radical (unpaired) electrons. The lowest BCUT2D eigenvalue weighted by Crippen LogP contribution is -2.24. The average Bonchev–Trinajstić information content (AvgIpc) is 2.53. The highest BCUT2D eigenvalue weighted by Crippen LogP contribution is 2.19. The van der Waals surface area contributed by atoms with Gasteiger partial charge in [-0.25, -0.2) is 0 Å². The van der Waals surface area contributed by atoms with Gasteiger partial charge in [0.25, 0.3) is 11.6 Å². The quantitative estimate of drug-likeness (QED) is 0.654. The van der Waals surface area contributed by atoms with E-state index in [1.54, 1.807) is 19.1 Å². The summed E-state index contributed by atoms with van der Waals surface area (Å²) in [5, 5.41) is 13.8. The zero-order valence-corrected chi connectivity index (χ0v) is 14.1. The largest absolute Gasteiger partial charge is 0.348 e. The van der Waals surface area contributed by atoms with Crippen LogP contribution in [0, 0.1) is 17.0 Å². The minimum Gasteiger partial charge on any atom is -0.348 e. The van der Waals surface area contributed by atoms with E-state index < -0.39 is 4.92 Å². The maximum atomic E-state index is 12.3. The monoisotopic (exact) mass is 327 g/mol. The second-order valence-corrected chi connectivity index (χ2v) is 5.95. The first-order valence-corrected chi connectivity index (χ1v) is 7.63. The van der Waals surface area contributed by atoms with Gasteiger partial charge >= 0.3 is 0 Å². The first-order chi connectivity index (χ1) is 11.4. The predicted octanol–water partition coefficient (Wildman–Crippen LogP) is 2.89. The molecule has 1 amide bonds. The number of aryl methyl sites for hydroxylation is 1. The summed E-state index contributed by atoms with van der Waals surface area (Å²) in [5.41, 5.74) is 2.94. The molecule has 0 aliphatic rings. The van der Waals surface area contributed by atoms with Gasteiger partial charge in [-0.05, 0) is 38.2 Å². The molecule has 2 aromatic carbocycles. The molecule has 0 saturated heterocycles. The fraction of sp³-hybridized carbons (Fsp3) is 0.278. The van der Waals surface area contributed by atoms with E-state index in [9.17, 15) is 14.9 Å². The molecule has 2 aromatic rings. The molecule has 0 bridgehead atoms. The SMILES string of the molecule is Cc1ccc(C(=O)NCc2ccccc2CN(C)C)cc1[N+](=O)[O-]. The van der Waals surface area contributed by atoms with Gasteiger partial charge in [0.2, 0.25) is 0 Å². The number of carbonyl (C=O) groups excluding carboxylic acids is 1. The van der Waals surface area contributed by atoms with Gasteiger partial charge in [-0.1, -0.05) is 30.3 Å². The van der Waals surface area contributed by atoms with Crippen molar-refractivity contribution in [2.24, 2.45) is 0 Å². The molecule has 0 spiro atoms. The van der Waals surface area contributed by atoms with Crippen LogP contribution in [0.25, 0.3) is 0 Å². The Kier molecular flexibility index (Phi) is 5.65. The Morgan fingerprint density at radius 1 is 1.17 bits per heavy atom. The van der Waals surface area contributed by atoms with Crippen molar-refractivity contribution >= 4 is 11.6 Å². The van der Waals surface area contributed by atoms with E-state index in [0.717, 1.165) is 17.7 Å². The highest BCUT2D eigenvalue weighted by Gasteiger charge is 2.15. The topological polar surface area (TPSA) is 75.5 Å². The molecule has 0 aromatic heterocycles. The van der Waals surface area contributed by atoms with Gasteiger partial charge in [-0.2, -0.15) is 0 Å². The molecular formula is C18H21N3O3. The molecule has 6 heteroatoms. The van der Waals surface area contributed by atoms with Crippen LogP contribution in [0.15, 0.2) is 42.5 Å². The summed E-state index contributed by atoms with van der Waals surface area (Å²) in [6, 6.07) is 12.4. The van der Waals surface area contributed by atoms with E-state index in [2.05, 4.69) is 10.2 Å². The van der Waals surface area contributed by atoms with Crippen LogP contribution in [-0.2, 0) is 13.1 Å². The van der Waals surface area contributed by atoms with E-state index in [-0.39, 0.29) is 17.2 Å². The third-order valence-corrected chi connectivity index (χ3v) is 3.71. The highest BCUT2D eigenvalue weighted by atomic mass is 16.6. The van der Waals surface area contributed by atoms with E-state index in [0.29, 0.717) is 12.1 Å². The second kappa shape index (κ2) is 7.70. The van der Waals surface area contributed by atoms with E-state index in [1.165, 1.54) is 6.07 Å². The van der Waals surface area contributed by atoms with Gasteiger partial charge in [0, 0.05) is 30.3 Å². The lowest BCUT2D eigenvalue weighted by Gasteiger charge is -2.14. The fourth-order valence-electron chi connectivity index (χ4n) is 2.45. The summed E-state index contributed by atoms with van der Waals surface area (Å²) in [5.74, 6) is -0.322. The molecule has 0 heterocycles. The van der Waals surface area contributed by atoms with Crippen LogP contribution in [0.1, 0.15) is 27.0 Å². The summed E-state index contributed by atoms with van der Waals surface area (Å²) in [6.45, 7) is 2.81. The number of carbonyl (C=O) groups is 1. The Balaban J connectivity index is 2.12. The smallest absolute Gasteiger partial charge is 0.273 e. The van der Waals surface area contributed by atoms with Crippen molar-refractivity contribution in [2.45, 2.75) is 20.0 Å². The zero-order valence-electron chi connectivity index (χ0n) is 14.1. The number of amides is 1. The van der Waals surface area contributed by atoms with Crippen LogP contribution >= 0.6 is 0 Å². The third kappa shape index (κ3) is 4.39. The molecule has 2 rings (SSSR count). The number of nitrogens with one attached hydrogen (secondary N) is 1. The molecule has 24 heavy (non-hydrogen) atoms. The number of nitro groups is 1. The van der Waals surface area contributed by atoms with Gasteiger partial charge in [0.15, 0.2) is 0 Å².